The molecule has 3 heterocycles. The number of nitrogens with one attached hydrogen (secondary N) is 2. The number of aromatic nitrogens is 4. The SMILES string of the molecule is Cn1c(=O)c(Nc2ccc(N3CCOCC3)cc2)nc2c(Cl)cc(-c3cn[nH]c3)cc21. The lowest BCUT2D eigenvalue weighted by atomic mass is 10.1. The van der Waals surface area contributed by atoms with Crippen molar-refractivity contribution in [2.75, 3.05) is 36.5 Å². The number of nitrogens with zero attached hydrogens (tertiary/aromatic N) is 4. The molecule has 1 fully saturated rings. The standard InChI is InChI=1S/C22H21ClN6O2/c1-28-19-11-14(15-12-24-25-13-15)10-18(23)20(19)27-21(22(28)30)26-16-2-4-17(5-3-16)29-6-8-31-9-7-29/h2-5,10-13H,6-9H2,1H3,(H,24,25)(H,26,27). The number of H-pyrrole nitrogens is 1. The highest BCUT2D eigenvalue weighted by atomic mass is 35.5. The maximum Gasteiger partial charge on any atom is 0.293 e. The van der Waals surface area contributed by atoms with E-state index in [2.05, 4.69) is 25.4 Å². The van der Waals surface area contributed by atoms with Crippen LogP contribution in [0.1, 0.15) is 0 Å². The number of halogens is 1. The highest BCUT2D eigenvalue weighted by molar-refractivity contribution is 6.35. The van der Waals surface area contributed by atoms with Crippen LogP contribution in [0.25, 0.3) is 22.2 Å². The molecule has 5 rings (SSSR count). The summed E-state index contributed by atoms with van der Waals surface area (Å²) < 4.78 is 6.96. The fourth-order valence-corrected chi connectivity index (χ4v) is 4.01. The van der Waals surface area contributed by atoms with E-state index in [1.54, 1.807) is 24.0 Å². The van der Waals surface area contributed by atoms with Gasteiger partial charge in [-0.15, -0.1) is 0 Å². The number of hydrogen-bond acceptors (Lipinski definition) is 6. The van der Waals surface area contributed by atoms with Gasteiger partial charge >= 0.3 is 0 Å². The van der Waals surface area contributed by atoms with Crippen molar-refractivity contribution in [3.63, 3.8) is 0 Å². The zero-order valence-electron chi connectivity index (χ0n) is 16.9. The third kappa shape index (κ3) is 3.75. The van der Waals surface area contributed by atoms with E-state index in [4.69, 9.17) is 16.3 Å². The summed E-state index contributed by atoms with van der Waals surface area (Å²) in [6, 6.07) is 11.7. The van der Waals surface area contributed by atoms with Gasteiger partial charge < -0.3 is 19.5 Å². The second-order valence-corrected chi connectivity index (χ2v) is 7.82. The van der Waals surface area contributed by atoms with Crippen LogP contribution < -0.4 is 15.8 Å². The van der Waals surface area contributed by atoms with Gasteiger partial charge in [-0.2, -0.15) is 5.10 Å². The molecule has 0 saturated carbocycles. The van der Waals surface area contributed by atoms with Gasteiger partial charge in [0.25, 0.3) is 5.56 Å². The summed E-state index contributed by atoms with van der Waals surface area (Å²) in [5, 5.41) is 10.4. The van der Waals surface area contributed by atoms with Gasteiger partial charge in [0.05, 0.1) is 29.9 Å². The van der Waals surface area contributed by atoms with Crippen molar-refractivity contribution < 1.29 is 4.74 Å². The van der Waals surface area contributed by atoms with Crippen molar-refractivity contribution in [3.05, 3.63) is 64.2 Å². The van der Waals surface area contributed by atoms with Gasteiger partial charge in [0.15, 0.2) is 5.82 Å². The van der Waals surface area contributed by atoms with Crippen LogP contribution in [0.5, 0.6) is 0 Å². The Balaban J connectivity index is 1.47. The normalized spacial score (nSPS) is 14.2. The van der Waals surface area contributed by atoms with Crippen LogP contribution in [0.15, 0.2) is 53.6 Å². The molecule has 4 aromatic rings. The van der Waals surface area contributed by atoms with Crippen LogP contribution >= 0.6 is 11.6 Å². The molecule has 0 spiro atoms. The van der Waals surface area contributed by atoms with E-state index >= 15 is 0 Å². The van der Waals surface area contributed by atoms with Gasteiger partial charge in [0.1, 0.15) is 5.52 Å². The number of morpholine rings is 1. The van der Waals surface area contributed by atoms with E-state index in [-0.39, 0.29) is 11.4 Å². The maximum absolute atomic E-state index is 13.0. The minimum Gasteiger partial charge on any atom is -0.378 e. The fraction of sp³-hybridized carbons (Fsp3) is 0.227. The quantitative estimate of drug-likeness (QED) is 0.508. The molecule has 158 valence electrons. The van der Waals surface area contributed by atoms with Crippen LogP contribution in [0.4, 0.5) is 17.2 Å². The fourth-order valence-electron chi connectivity index (χ4n) is 3.75. The molecule has 0 amide bonds. The van der Waals surface area contributed by atoms with Gasteiger partial charge in [-0.1, -0.05) is 11.6 Å². The Morgan fingerprint density at radius 2 is 1.90 bits per heavy atom. The molecule has 0 radical (unpaired) electrons. The maximum atomic E-state index is 13.0. The second-order valence-electron chi connectivity index (χ2n) is 7.41. The summed E-state index contributed by atoms with van der Waals surface area (Å²) >= 11 is 6.53. The summed E-state index contributed by atoms with van der Waals surface area (Å²) in [5.74, 6) is 0.229. The molecule has 9 heteroatoms. The van der Waals surface area contributed by atoms with Crippen LogP contribution in [0.3, 0.4) is 0 Å². The number of benzene rings is 2. The first-order valence-electron chi connectivity index (χ1n) is 9.99. The lowest BCUT2D eigenvalue weighted by Gasteiger charge is -2.28. The Hall–Kier alpha value is -3.36. The van der Waals surface area contributed by atoms with E-state index in [1.165, 1.54) is 0 Å². The van der Waals surface area contributed by atoms with Crippen LogP contribution in [0, 0.1) is 0 Å². The molecule has 2 aromatic carbocycles. The predicted molar refractivity (Wildman–Crippen MR) is 122 cm³/mol. The minimum absolute atomic E-state index is 0.229. The lowest BCUT2D eigenvalue weighted by Crippen LogP contribution is -2.36. The smallest absolute Gasteiger partial charge is 0.293 e. The molecule has 1 aliphatic heterocycles. The Kier molecular flexibility index (Phi) is 5.09. The Bertz CT molecular complexity index is 1280. The predicted octanol–water partition coefficient (Wildman–Crippen LogP) is 3.56. The number of aromatic amines is 1. The summed E-state index contributed by atoms with van der Waals surface area (Å²) in [4.78, 5) is 19.8. The number of anilines is 3. The molecule has 0 aliphatic carbocycles. The highest BCUT2D eigenvalue weighted by Gasteiger charge is 2.15. The second kappa shape index (κ2) is 8.05. The number of aryl methyl sites for hydroxylation is 1. The summed E-state index contributed by atoms with van der Waals surface area (Å²) in [7, 11) is 1.72. The molecule has 0 unspecified atom stereocenters. The minimum atomic E-state index is -0.231. The number of ether oxygens (including phenoxy) is 1. The largest absolute Gasteiger partial charge is 0.378 e. The molecule has 0 atom stereocenters. The van der Waals surface area contributed by atoms with Gasteiger partial charge in [0.2, 0.25) is 0 Å². The van der Waals surface area contributed by atoms with E-state index in [0.717, 1.165) is 48.8 Å². The number of fused-ring (bicyclic) bond motifs is 1. The van der Waals surface area contributed by atoms with Crippen molar-refractivity contribution in [3.8, 4) is 11.1 Å². The third-order valence-corrected chi connectivity index (χ3v) is 5.76. The zero-order valence-corrected chi connectivity index (χ0v) is 17.7. The molecule has 2 aromatic heterocycles. The van der Waals surface area contributed by atoms with Gasteiger partial charge in [-0.3, -0.25) is 9.89 Å². The molecular weight excluding hydrogens is 416 g/mol. The Labute approximate surface area is 183 Å². The number of hydrogen-bond donors (Lipinski definition) is 2. The van der Waals surface area contributed by atoms with E-state index in [0.29, 0.717) is 16.1 Å². The highest BCUT2D eigenvalue weighted by Crippen LogP contribution is 2.29. The van der Waals surface area contributed by atoms with Crippen molar-refractivity contribution in [1.82, 2.24) is 19.7 Å². The molecule has 2 N–H and O–H groups in total. The van der Waals surface area contributed by atoms with Crippen molar-refractivity contribution in [2.45, 2.75) is 0 Å². The average molecular weight is 437 g/mol. The van der Waals surface area contributed by atoms with Gasteiger partial charge in [-0.25, -0.2) is 4.98 Å². The van der Waals surface area contributed by atoms with E-state index in [1.807, 2.05) is 36.4 Å². The van der Waals surface area contributed by atoms with Crippen molar-refractivity contribution >= 4 is 39.8 Å². The average Bonchev–Trinajstić information content (AvgIpc) is 3.34. The molecular formula is C22H21ClN6O2. The topological polar surface area (TPSA) is 88.1 Å². The number of rotatable bonds is 4. The van der Waals surface area contributed by atoms with Crippen LogP contribution in [-0.2, 0) is 11.8 Å². The lowest BCUT2D eigenvalue weighted by molar-refractivity contribution is 0.122. The van der Waals surface area contributed by atoms with Crippen LogP contribution in [-0.4, -0.2) is 46.1 Å². The van der Waals surface area contributed by atoms with E-state index in [9.17, 15) is 4.79 Å². The van der Waals surface area contributed by atoms with Gasteiger partial charge in [0, 0.05) is 43.3 Å². The molecule has 0 bridgehead atoms. The zero-order chi connectivity index (χ0) is 21.4. The first-order valence-corrected chi connectivity index (χ1v) is 10.4. The van der Waals surface area contributed by atoms with E-state index < -0.39 is 0 Å². The first kappa shape index (κ1) is 19.6. The summed E-state index contributed by atoms with van der Waals surface area (Å²) in [6.07, 6.45) is 3.49. The summed E-state index contributed by atoms with van der Waals surface area (Å²) in [6.45, 7) is 3.22. The molecule has 1 aliphatic rings. The first-order chi connectivity index (χ1) is 15.1. The van der Waals surface area contributed by atoms with Crippen molar-refractivity contribution in [2.24, 2.45) is 7.05 Å². The van der Waals surface area contributed by atoms with Crippen LogP contribution in [0.2, 0.25) is 5.02 Å². The monoisotopic (exact) mass is 436 g/mol. The molecule has 31 heavy (non-hydrogen) atoms. The third-order valence-electron chi connectivity index (χ3n) is 5.47. The Morgan fingerprint density at radius 1 is 1.13 bits per heavy atom. The summed E-state index contributed by atoms with van der Waals surface area (Å²) in [5.41, 5.74) is 4.65. The van der Waals surface area contributed by atoms with Crippen molar-refractivity contribution in [1.29, 1.82) is 0 Å². The van der Waals surface area contributed by atoms with Gasteiger partial charge in [-0.05, 0) is 42.0 Å². The Morgan fingerprint density at radius 3 is 2.61 bits per heavy atom. The molecule has 8 nitrogen and oxygen atoms in total. The molecule has 1 saturated heterocycles.